The van der Waals surface area contributed by atoms with E-state index in [9.17, 15) is 9.59 Å². The van der Waals surface area contributed by atoms with Gasteiger partial charge in [-0.05, 0) is 130 Å². The van der Waals surface area contributed by atoms with E-state index in [0.29, 0.717) is 53.6 Å². The molecule has 0 amide bonds. The molecule has 3 aromatic carbocycles. The highest BCUT2D eigenvalue weighted by molar-refractivity contribution is 5.82. The maximum absolute atomic E-state index is 12.8. The molecule has 1 N–H and O–H groups in total. The van der Waals surface area contributed by atoms with Crippen LogP contribution in [0.5, 0.6) is 23.0 Å². The van der Waals surface area contributed by atoms with Gasteiger partial charge in [0.05, 0.1) is 25.0 Å². The van der Waals surface area contributed by atoms with E-state index in [1.54, 1.807) is 0 Å². The summed E-state index contributed by atoms with van der Waals surface area (Å²) in [6, 6.07) is 21.3. The molecule has 0 saturated heterocycles. The summed E-state index contributed by atoms with van der Waals surface area (Å²) in [6.45, 7) is 5.44. The highest BCUT2D eigenvalue weighted by atomic mass is 16.5. The van der Waals surface area contributed by atoms with Crippen molar-refractivity contribution in [3.05, 3.63) is 83.4 Å². The van der Waals surface area contributed by atoms with Crippen LogP contribution in [0, 0.1) is 29.1 Å². The van der Waals surface area contributed by atoms with Crippen LogP contribution < -0.4 is 18.9 Å². The van der Waals surface area contributed by atoms with Crippen LogP contribution in [-0.4, -0.2) is 31.4 Å². The molecule has 2 saturated carbocycles. The Morgan fingerprint density at radius 2 is 1.06 bits per heavy atom. The highest BCUT2D eigenvalue weighted by Crippen LogP contribution is 2.33. The fourth-order valence-electron chi connectivity index (χ4n) is 6.84. The van der Waals surface area contributed by atoms with E-state index in [1.165, 1.54) is 17.3 Å². The molecule has 0 heterocycles. The van der Waals surface area contributed by atoms with Gasteiger partial charge in [0, 0.05) is 11.8 Å². The van der Waals surface area contributed by atoms with E-state index < -0.39 is 0 Å². The van der Waals surface area contributed by atoms with E-state index >= 15 is 0 Å². The van der Waals surface area contributed by atoms with E-state index in [-0.39, 0.29) is 23.8 Å². The van der Waals surface area contributed by atoms with Crippen molar-refractivity contribution in [1.82, 2.24) is 0 Å². The third kappa shape index (κ3) is 10.2. The van der Waals surface area contributed by atoms with Crippen LogP contribution in [0.15, 0.2) is 66.7 Å². The van der Waals surface area contributed by atoms with E-state index in [4.69, 9.17) is 24.4 Å². The van der Waals surface area contributed by atoms with Crippen LogP contribution >= 0.6 is 0 Å². The Labute approximate surface area is 285 Å². The van der Waals surface area contributed by atoms with Crippen LogP contribution in [0.4, 0.5) is 0 Å². The van der Waals surface area contributed by atoms with Crippen LogP contribution in [0.25, 0.3) is 0 Å². The van der Waals surface area contributed by atoms with E-state index in [0.717, 1.165) is 77.0 Å². The minimum Gasteiger partial charge on any atom is -0.493 e. The smallest absolute Gasteiger partial charge is 0.314 e. The lowest BCUT2D eigenvalue weighted by molar-refractivity contribution is -0.141. The number of hydrogen-bond acceptors (Lipinski definition) is 7. The summed E-state index contributed by atoms with van der Waals surface area (Å²) in [5, 5.41) is 7.95. The number of esters is 2. The fraction of sp³-hybridized carbons (Fsp3) is 0.488. The highest BCUT2D eigenvalue weighted by Gasteiger charge is 2.29. The summed E-state index contributed by atoms with van der Waals surface area (Å²) in [5.74, 6) is 2.92. The predicted octanol–water partition coefficient (Wildman–Crippen LogP) is 9.17. The molecule has 0 aromatic heterocycles. The Morgan fingerprint density at radius 1 is 0.625 bits per heavy atom. The number of hydrogen-bond donors (Lipinski definition) is 1. The van der Waals surface area contributed by atoms with Crippen LogP contribution in [0.3, 0.4) is 0 Å². The van der Waals surface area contributed by atoms with Gasteiger partial charge in [-0.2, -0.15) is 0 Å². The normalized spacial score (nSPS) is 20.8. The number of benzene rings is 3. The second-order valence-electron chi connectivity index (χ2n) is 13.5. The van der Waals surface area contributed by atoms with Gasteiger partial charge in [-0.15, -0.1) is 0 Å². The zero-order valence-corrected chi connectivity index (χ0v) is 28.6. The summed E-state index contributed by atoms with van der Waals surface area (Å²) in [4.78, 5) is 25.5. The van der Waals surface area contributed by atoms with Crippen molar-refractivity contribution in [2.45, 2.75) is 90.9 Å². The first-order chi connectivity index (χ1) is 23.4. The Hall–Kier alpha value is -4.13. The molecule has 2 aliphatic rings. The average Bonchev–Trinajstić information content (AvgIpc) is 3.12. The quantitative estimate of drug-likeness (QED) is 0.0999. The van der Waals surface area contributed by atoms with Gasteiger partial charge >= 0.3 is 11.9 Å². The third-order valence-corrected chi connectivity index (χ3v) is 9.82. The second kappa shape index (κ2) is 17.9. The van der Waals surface area contributed by atoms with Crippen molar-refractivity contribution in [2.24, 2.45) is 23.7 Å². The number of aryl methyl sites for hydroxylation is 2. The summed E-state index contributed by atoms with van der Waals surface area (Å²) in [7, 11) is 0. The molecule has 0 bridgehead atoms. The SMILES string of the molecule is CCCc1ccc(OC(=O)C2CCC(COc3ccc(OCC4CCC(C(=O)Oc5ccc(CCC)cc5)CC4)c(C=N)c3)CC2)cc1. The van der Waals surface area contributed by atoms with Gasteiger partial charge in [0.1, 0.15) is 23.0 Å². The van der Waals surface area contributed by atoms with Crippen molar-refractivity contribution < 1.29 is 28.5 Å². The standard InChI is InChI=1S/C41H51NO6/c1-3-5-29-11-19-36(20-12-29)47-40(43)33-15-7-31(8-16-33)27-45-38-23-24-39(35(25-38)26-42)46-28-32-9-17-34(18-10-32)41(44)48-37-21-13-30(6-4-2)14-22-37/h11-14,19-26,31-34,42H,3-10,15-18,27-28H2,1-2H3. The molecule has 2 fully saturated rings. The largest absolute Gasteiger partial charge is 0.493 e. The maximum atomic E-state index is 12.8. The van der Waals surface area contributed by atoms with Crippen molar-refractivity contribution in [3.8, 4) is 23.0 Å². The molecule has 0 radical (unpaired) electrons. The minimum atomic E-state index is -0.140. The van der Waals surface area contributed by atoms with Gasteiger partial charge in [0.25, 0.3) is 0 Å². The van der Waals surface area contributed by atoms with Crippen molar-refractivity contribution in [2.75, 3.05) is 13.2 Å². The lowest BCUT2D eigenvalue weighted by Gasteiger charge is -2.27. The van der Waals surface area contributed by atoms with Gasteiger partial charge in [0.2, 0.25) is 0 Å². The number of ether oxygens (including phenoxy) is 4. The Bertz CT molecular complexity index is 1470. The molecule has 0 atom stereocenters. The number of carbonyl (C=O) groups is 2. The molecule has 7 nitrogen and oxygen atoms in total. The molecule has 7 heteroatoms. The summed E-state index contributed by atoms with van der Waals surface area (Å²) >= 11 is 0. The number of carbonyl (C=O) groups excluding carboxylic acids is 2. The van der Waals surface area contributed by atoms with Gasteiger partial charge in [0.15, 0.2) is 0 Å². The van der Waals surface area contributed by atoms with Crippen molar-refractivity contribution in [3.63, 3.8) is 0 Å². The Morgan fingerprint density at radius 3 is 1.50 bits per heavy atom. The molecule has 5 rings (SSSR count). The maximum Gasteiger partial charge on any atom is 0.314 e. The minimum absolute atomic E-state index is 0.0744. The first-order valence-corrected chi connectivity index (χ1v) is 17.9. The molecule has 48 heavy (non-hydrogen) atoms. The molecule has 0 spiro atoms. The topological polar surface area (TPSA) is 94.9 Å². The lowest BCUT2D eigenvalue weighted by Crippen LogP contribution is -2.28. The van der Waals surface area contributed by atoms with Crippen molar-refractivity contribution in [1.29, 1.82) is 5.41 Å². The number of rotatable bonds is 15. The molecule has 256 valence electrons. The number of nitrogens with one attached hydrogen (secondary N) is 1. The monoisotopic (exact) mass is 653 g/mol. The van der Waals surface area contributed by atoms with E-state index in [2.05, 4.69) is 13.8 Å². The van der Waals surface area contributed by atoms with Crippen molar-refractivity contribution >= 4 is 18.2 Å². The van der Waals surface area contributed by atoms with E-state index in [1.807, 2.05) is 66.7 Å². The van der Waals surface area contributed by atoms with Crippen LogP contribution in [0.1, 0.15) is 94.7 Å². The Balaban J connectivity index is 1.00. The zero-order valence-electron chi connectivity index (χ0n) is 28.6. The average molecular weight is 654 g/mol. The third-order valence-electron chi connectivity index (χ3n) is 9.82. The lowest BCUT2D eigenvalue weighted by atomic mass is 9.82. The Kier molecular flexibility index (Phi) is 13.1. The molecule has 2 aliphatic carbocycles. The van der Waals surface area contributed by atoms with Crippen LogP contribution in [0.2, 0.25) is 0 Å². The van der Waals surface area contributed by atoms with Gasteiger partial charge < -0.3 is 24.4 Å². The predicted molar refractivity (Wildman–Crippen MR) is 188 cm³/mol. The van der Waals surface area contributed by atoms with Gasteiger partial charge in [-0.25, -0.2) is 0 Å². The van der Waals surface area contributed by atoms with Crippen LogP contribution in [-0.2, 0) is 22.4 Å². The fourth-order valence-corrected chi connectivity index (χ4v) is 6.84. The molecular weight excluding hydrogens is 602 g/mol. The summed E-state index contributed by atoms with van der Waals surface area (Å²) < 4.78 is 23.6. The molecule has 3 aromatic rings. The van der Waals surface area contributed by atoms with Gasteiger partial charge in [-0.1, -0.05) is 51.0 Å². The summed E-state index contributed by atoms with van der Waals surface area (Å²) in [5.41, 5.74) is 3.20. The molecular formula is C41H51NO6. The second-order valence-corrected chi connectivity index (χ2v) is 13.5. The zero-order chi connectivity index (χ0) is 33.7. The van der Waals surface area contributed by atoms with Gasteiger partial charge in [-0.3, -0.25) is 9.59 Å². The molecule has 0 aliphatic heterocycles. The first kappa shape index (κ1) is 35.2. The first-order valence-electron chi connectivity index (χ1n) is 17.9. The molecule has 0 unspecified atom stereocenters. The summed E-state index contributed by atoms with van der Waals surface area (Å²) in [6.07, 6.45) is 12.4.